The summed E-state index contributed by atoms with van der Waals surface area (Å²) in [5, 5.41) is 22.8. The summed E-state index contributed by atoms with van der Waals surface area (Å²) in [6, 6.07) is 4.54. The average molecular weight is 528 g/mol. The minimum Gasteiger partial charge on any atom is -0.481 e. The van der Waals surface area contributed by atoms with E-state index in [2.05, 4.69) is 26.6 Å². The number of aliphatic carboxylic acids is 2. The second-order valence-corrected chi connectivity index (χ2v) is 8.58. The third-order valence-electron chi connectivity index (χ3n) is 4.95. The van der Waals surface area contributed by atoms with Crippen LogP contribution in [0.3, 0.4) is 0 Å². The Morgan fingerprint density at radius 3 is 2.06 bits per heavy atom. The highest BCUT2D eigenvalue weighted by Gasteiger charge is 2.23. The number of carbonyl (C=O) groups excluding carboxylic acids is 3. The van der Waals surface area contributed by atoms with Crippen molar-refractivity contribution in [2.45, 2.75) is 64.6 Å². The van der Waals surface area contributed by atoms with Crippen molar-refractivity contribution in [2.24, 2.45) is 0 Å². The minimum atomic E-state index is -1.23. The predicted octanol–water partition coefficient (Wildman–Crippen LogP) is 2.54. The van der Waals surface area contributed by atoms with Gasteiger partial charge in [0, 0.05) is 30.9 Å². The second kappa shape index (κ2) is 14.2. The molecule has 0 bridgehead atoms. The molecule has 10 nitrogen and oxygen atoms in total. The molecule has 0 saturated heterocycles. The van der Waals surface area contributed by atoms with Crippen LogP contribution >= 0.6 is 15.9 Å². The molecule has 2 atom stereocenters. The number of benzene rings is 1. The zero-order valence-electron chi connectivity index (χ0n) is 18.7. The number of hydrogen-bond acceptors (Lipinski definition) is 5. The summed E-state index contributed by atoms with van der Waals surface area (Å²) in [6.45, 7) is 3.57. The fraction of sp³-hybridized carbons (Fsp3) is 0.500. The molecule has 4 N–H and O–H groups in total. The maximum absolute atomic E-state index is 12.1. The number of carbonyl (C=O) groups is 5. The lowest BCUT2D eigenvalue weighted by molar-refractivity contribution is -0.139. The number of urea groups is 1. The van der Waals surface area contributed by atoms with Gasteiger partial charge in [-0.2, -0.15) is 0 Å². The third kappa shape index (κ3) is 11.5. The van der Waals surface area contributed by atoms with E-state index in [1.54, 1.807) is 4.90 Å². The van der Waals surface area contributed by atoms with Crippen LogP contribution in [0, 0.1) is 0 Å². The first-order valence-corrected chi connectivity index (χ1v) is 11.3. The molecule has 33 heavy (non-hydrogen) atoms. The molecule has 0 radical (unpaired) electrons. The Morgan fingerprint density at radius 1 is 0.939 bits per heavy atom. The molecule has 0 unspecified atom stereocenters. The molecule has 0 aromatic heterocycles. The molecular formula is C22H30BrN3O7. The maximum Gasteiger partial charge on any atom is 0.326 e. The van der Waals surface area contributed by atoms with Gasteiger partial charge in [-0.15, -0.1) is 0 Å². The topological polar surface area (TPSA) is 153 Å². The normalized spacial score (nSPS) is 12.3. The van der Waals surface area contributed by atoms with E-state index in [-0.39, 0.29) is 25.2 Å². The Kier molecular flexibility index (Phi) is 12.1. The summed E-state index contributed by atoms with van der Waals surface area (Å²) in [6.07, 6.45) is 0.718. The summed E-state index contributed by atoms with van der Waals surface area (Å²) < 4.78 is 0.938. The Hall–Kier alpha value is -2.95. The Morgan fingerprint density at radius 2 is 1.55 bits per heavy atom. The molecule has 0 fully saturated rings. The van der Waals surface area contributed by atoms with E-state index in [4.69, 9.17) is 5.11 Å². The quantitative estimate of drug-likeness (QED) is 0.271. The van der Waals surface area contributed by atoms with Crippen molar-refractivity contribution in [3.05, 3.63) is 34.3 Å². The minimum absolute atomic E-state index is 0.0882. The van der Waals surface area contributed by atoms with Gasteiger partial charge in [0.25, 0.3) is 0 Å². The Balaban J connectivity index is 2.54. The number of carboxylic acids is 2. The lowest BCUT2D eigenvalue weighted by Crippen LogP contribution is -2.50. The average Bonchev–Trinajstić information content (AvgIpc) is 2.73. The highest BCUT2D eigenvalue weighted by atomic mass is 79.9. The van der Waals surface area contributed by atoms with Crippen molar-refractivity contribution < 1.29 is 34.2 Å². The second-order valence-electron chi connectivity index (χ2n) is 7.67. The van der Waals surface area contributed by atoms with Crippen molar-refractivity contribution in [1.82, 2.24) is 15.5 Å². The number of Topliss-reactive ketones (excluding diaryl/α,β-unsaturated/α-hetero) is 1. The van der Waals surface area contributed by atoms with Crippen molar-refractivity contribution in [3.63, 3.8) is 0 Å². The van der Waals surface area contributed by atoms with Gasteiger partial charge in [0.15, 0.2) is 5.78 Å². The molecule has 1 rings (SSSR count). The van der Waals surface area contributed by atoms with Crippen LogP contribution in [-0.4, -0.2) is 63.4 Å². The van der Waals surface area contributed by atoms with Gasteiger partial charge >= 0.3 is 18.0 Å². The zero-order valence-corrected chi connectivity index (χ0v) is 20.3. The summed E-state index contributed by atoms with van der Waals surface area (Å²) in [5.41, 5.74) is 0.970. The van der Waals surface area contributed by atoms with Crippen LogP contribution in [0.1, 0.15) is 51.5 Å². The van der Waals surface area contributed by atoms with E-state index in [0.29, 0.717) is 25.9 Å². The third-order valence-corrected chi connectivity index (χ3v) is 5.48. The summed E-state index contributed by atoms with van der Waals surface area (Å²) in [5.74, 6) is -2.85. The van der Waals surface area contributed by atoms with Crippen LogP contribution in [0.25, 0.3) is 0 Å². The molecular weight excluding hydrogens is 498 g/mol. The molecule has 0 spiro atoms. The van der Waals surface area contributed by atoms with Crippen LogP contribution in [-0.2, 0) is 25.7 Å². The Labute approximate surface area is 200 Å². The zero-order chi connectivity index (χ0) is 25.0. The number of carboxylic acid groups (broad SMARTS) is 2. The smallest absolute Gasteiger partial charge is 0.326 e. The lowest BCUT2D eigenvalue weighted by atomic mass is 10.1. The van der Waals surface area contributed by atoms with Crippen molar-refractivity contribution >= 4 is 45.6 Å². The number of halogens is 1. The number of hydrogen-bond donors (Lipinski definition) is 4. The van der Waals surface area contributed by atoms with Crippen LogP contribution in [0.15, 0.2) is 28.7 Å². The molecule has 3 amide bonds. The molecule has 0 saturated carbocycles. The first-order chi connectivity index (χ1) is 15.5. The van der Waals surface area contributed by atoms with Crippen LogP contribution in [0.5, 0.6) is 0 Å². The van der Waals surface area contributed by atoms with E-state index < -0.39 is 35.8 Å². The van der Waals surface area contributed by atoms with E-state index in [1.807, 2.05) is 24.3 Å². The summed E-state index contributed by atoms with van der Waals surface area (Å²) >= 11 is 3.36. The Bertz CT molecular complexity index is 845. The maximum atomic E-state index is 12.1. The first kappa shape index (κ1) is 28.1. The molecule has 1 aromatic carbocycles. The molecule has 0 heterocycles. The van der Waals surface area contributed by atoms with Gasteiger partial charge in [-0.05, 0) is 50.3 Å². The molecule has 0 aliphatic heterocycles. The van der Waals surface area contributed by atoms with E-state index >= 15 is 0 Å². The molecule has 1 aromatic rings. The van der Waals surface area contributed by atoms with Crippen molar-refractivity contribution in [3.8, 4) is 0 Å². The van der Waals surface area contributed by atoms with Gasteiger partial charge in [0.1, 0.15) is 6.04 Å². The highest BCUT2D eigenvalue weighted by Crippen LogP contribution is 2.13. The number of amides is 3. The van der Waals surface area contributed by atoms with Gasteiger partial charge in [-0.3, -0.25) is 14.4 Å². The van der Waals surface area contributed by atoms with Gasteiger partial charge in [0.2, 0.25) is 5.91 Å². The van der Waals surface area contributed by atoms with Crippen LogP contribution in [0.4, 0.5) is 4.79 Å². The number of nitrogens with zero attached hydrogens (tertiary/aromatic N) is 1. The predicted molar refractivity (Wildman–Crippen MR) is 124 cm³/mol. The standard InChI is InChI=1S/C22H30BrN3O7/c1-14(27)18(10-11-20(29)30)24-22(33)25-19(21(31)32)5-3-4-12-26(15(2)28)13-16-6-8-17(23)9-7-16/h6-9,18-19H,3-5,10-13H2,1-2H3,(H,29,30)(H,31,32)(H2,24,25,33)/t18-,19-/m1/s1. The van der Waals surface area contributed by atoms with Gasteiger partial charge < -0.3 is 25.7 Å². The lowest BCUT2D eigenvalue weighted by Gasteiger charge is -2.22. The molecule has 11 heteroatoms. The van der Waals surface area contributed by atoms with Gasteiger partial charge in [-0.1, -0.05) is 28.1 Å². The molecule has 0 aliphatic rings. The van der Waals surface area contributed by atoms with Gasteiger partial charge in [0.05, 0.1) is 6.04 Å². The van der Waals surface area contributed by atoms with Gasteiger partial charge in [-0.25, -0.2) is 9.59 Å². The fourth-order valence-corrected chi connectivity index (χ4v) is 3.33. The van der Waals surface area contributed by atoms with E-state index in [1.165, 1.54) is 13.8 Å². The molecule has 182 valence electrons. The number of ketones is 1. The fourth-order valence-electron chi connectivity index (χ4n) is 3.07. The largest absolute Gasteiger partial charge is 0.481 e. The van der Waals surface area contributed by atoms with Crippen LogP contribution in [0.2, 0.25) is 0 Å². The van der Waals surface area contributed by atoms with Crippen molar-refractivity contribution in [1.29, 1.82) is 0 Å². The SMILES string of the molecule is CC(=O)[C@@H](CCC(=O)O)NC(=O)N[C@H](CCCCN(Cc1ccc(Br)cc1)C(C)=O)C(=O)O. The number of nitrogens with one attached hydrogen (secondary N) is 2. The van der Waals surface area contributed by atoms with E-state index in [9.17, 15) is 29.1 Å². The van der Waals surface area contributed by atoms with Crippen molar-refractivity contribution in [2.75, 3.05) is 6.54 Å². The summed E-state index contributed by atoms with van der Waals surface area (Å²) in [7, 11) is 0. The summed E-state index contributed by atoms with van der Waals surface area (Å²) in [4.78, 5) is 59.6. The molecule has 0 aliphatic carbocycles. The number of rotatable bonds is 14. The monoisotopic (exact) mass is 527 g/mol. The van der Waals surface area contributed by atoms with E-state index in [0.717, 1.165) is 10.0 Å². The van der Waals surface area contributed by atoms with Crippen LogP contribution < -0.4 is 10.6 Å². The highest BCUT2D eigenvalue weighted by molar-refractivity contribution is 9.10. The number of unbranched alkanes of at least 4 members (excludes halogenated alkanes) is 1. The first-order valence-electron chi connectivity index (χ1n) is 10.5.